The summed E-state index contributed by atoms with van der Waals surface area (Å²) in [6.07, 6.45) is 0. The number of aromatic nitrogens is 2. The monoisotopic (exact) mass is 454 g/mol. The van der Waals surface area contributed by atoms with Crippen molar-refractivity contribution in [3.8, 4) is 5.75 Å². The number of fused-ring (bicyclic) bond motifs is 1. The fraction of sp³-hybridized carbons (Fsp3) is 0.261. The van der Waals surface area contributed by atoms with Crippen LogP contribution in [0.25, 0.3) is 0 Å². The molecule has 1 aliphatic heterocycles. The summed E-state index contributed by atoms with van der Waals surface area (Å²) < 4.78 is 20.1. The first-order valence-corrected chi connectivity index (χ1v) is 11.3. The van der Waals surface area contributed by atoms with Gasteiger partial charge in [0.15, 0.2) is 6.61 Å². The smallest absolute Gasteiger partial charge is 0.263 e. The van der Waals surface area contributed by atoms with E-state index in [9.17, 15) is 14.0 Å². The number of benzene rings is 2. The van der Waals surface area contributed by atoms with Crippen LogP contribution in [0.2, 0.25) is 0 Å². The highest BCUT2D eigenvalue weighted by Crippen LogP contribution is 2.34. The molecule has 166 valence electrons. The first-order chi connectivity index (χ1) is 15.5. The van der Waals surface area contributed by atoms with Crippen LogP contribution in [0.4, 0.5) is 10.2 Å². The number of carbonyl (C=O) groups is 2. The van der Waals surface area contributed by atoms with Crippen LogP contribution < -0.4 is 15.4 Å². The third-order valence-corrected chi connectivity index (χ3v) is 5.90. The molecule has 2 aromatic carbocycles. The van der Waals surface area contributed by atoms with E-state index < -0.39 is 0 Å². The Labute approximate surface area is 189 Å². The van der Waals surface area contributed by atoms with Crippen LogP contribution in [0.15, 0.2) is 48.5 Å². The lowest BCUT2D eigenvalue weighted by Gasteiger charge is -2.12. The van der Waals surface area contributed by atoms with E-state index in [1.54, 1.807) is 30.0 Å². The van der Waals surface area contributed by atoms with E-state index in [-0.39, 0.29) is 37.3 Å². The molecule has 0 fully saturated rings. The largest absolute Gasteiger partial charge is 0.484 e. The molecule has 0 bridgehead atoms. The lowest BCUT2D eigenvalue weighted by molar-refractivity contribution is -0.122. The molecule has 32 heavy (non-hydrogen) atoms. The second-order valence-corrected chi connectivity index (χ2v) is 8.47. The highest BCUT2D eigenvalue weighted by Gasteiger charge is 2.25. The standard InChI is InChI=1S/C23H23FN4O3S/c1-15-3-2-4-18(9-15)31-12-22(30)26-23-19-13-32-14-20(19)27-28(23)11-21(29)25-10-16-5-7-17(24)8-6-16/h2-9H,10-14H2,1H3,(H,25,29)(H,26,30). The lowest BCUT2D eigenvalue weighted by Crippen LogP contribution is -2.29. The van der Waals surface area contributed by atoms with E-state index in [4.69, 9.17) is 4.74 Å². The van der Waals surface area contributed by atoms with Gasteiger partial charge in [0.05, 0.1) is 5.69 Å². The maximum atomic E-state index is 13.0. The van der Waals surface area contributed by atoms with E-state index in [1.165, 1.54) is 16.8 Å². The van der Waals surface area contributed by atoms with Gasteiger partial charge in [-0.2, -0.15) is 16.9 Å². The Morgan fingerprint density at radius 2 is 1.97 bits per heavy atom. The number of nitrogens with zero attached hydrogens (tertiary/aromatic N) is 2. The van der Waals surface area contributed by atoms with Crippen LogP contribution in [-0.2, 0) is 34.2 Å². The minimum Gasteiger partial charge on any atom is -0.484 e. The molecule has 1 aliphatic rings. The number of aryl methyl sites for hydroxylation is 1. The Morgan fingerprint density at radius 1 is 1.16 bits per heavy atom. The highest BCUT2D eigenvalue weighted by atomic mass is 32.2. The van der Waals surface area contributed by atoms with Crippen LogP contribution in [0.3, 0.4) is 0 Å². The summed E-state index contributed by atoms with van der Waals surface area (Å²) in [6, 6.07) is 13.4. The van der Waals surface area contributed by atoms with Gasteiger partial charge in [-0.05, 0) is 42.3 Å². The molecule has 0 radical (unpaired) electrons. The maximum Gasteiger partial charge on any atom is 0.263 e. The number of nitrogens with one attached hydrogen (secondary N) is 2. The van der Waals surface area contributed by atoms with Gasteiger partial charge < -0.3 is 15.4 Å². The van der Waals surface area contributed by atoms with E-state index in [0.717, 1.165) is 33.9 Å². The molecule has 2 amide bonds. The van der Waals surface area contributed by atoms with Crippen LogP contribution >= 0.6 is 11.8 Å². The minimum absolute atomic E-state index is 0.0345. The van der Waals surface area contributed by atoms with Crippen molar-refractivity contribution in [1.82, 2.24) is 15.1 Å². The van der Waals surface area contributed by atoms with Crippen LogP contribution in [-0.4, -0.2) is 28.2 Å². The third-order valence-electron chi connectivity index (χ3n) is 4.93. The first-order valence-electron chi connectivity index (χ1n) is 10.1. The number of ether oxygens (including phenoxy) is 1. The average Bonchev–Trinajstić information content (AvgIpc) is 3.34. The topological polar surface area (TPSA) is 85.2 Å². The third kappa shape index (κ3) is 5.47. The molecule has 1 aromatic heterocycles. The predicted molar refractivity (Wildman–Crippen MR) is 121 cm³/mol. The normalized spacial score (nSPS) is 12.3. The average molecular weight is 455 g/mol. The van der Waals surface area contributed by atoms with Gasteiger partial charge in [-0.25, -0.2) is 9.07 Å². The minimum atomic E-state index is -0.323. The van der Waals surface area contributed by atoms with Crippen LogP contribution in [0, 0.1) is 12.7 Å². The number of hydrogen-bond donors (Lipinski definition) is 2. The summed E-state index contributed by atoms with van der Waals surface area (Å²) in [6.45, 7) is 2.05. The van der Waals surface area contributed by atoms with Crippen molar-refractivity contribution >= 4 is 29.4 Å². The molecule has 4 rings (SSSR count). The Morgan fingerprint density at radius 3 is 2.75 bits per heavy atom. The van der Waals surface area contributed by atoms with E-state index in [1.807, 2.05) is 25.1 Å². The van der Waals surface area contributed by atoms with Gasteiger partial charge in [0.1, 0.15) is 23.9 Å². The van der Waals surface area contributed by atoms with Crippen molar-refractivity contribution in [3.63, 3.8) is 0 Å². The van der Waals surface area contributed by atoms with Crippen LogP contribution in [0.1, 0.15) is 22.4 Å². The summed E-state index contributed by atoms with van der Waals surface area (Å²) in [7, 11) is 0. The fourth-order valence-corrected chi connectivity index (χ4v) is 4.37. The predicted octanol–water partition coefficient (Wildman–Crippen LogP) is 3.41. The molecular formula is C23H23FN4O3S. The van der Waals surface area contributed by atoms with Crippen molar-refractivity contribution in [2.24, 2.45) is 0 Å². The number of thioether (sulfide) groups is 1. The zero-order valence-corrected chi connectivity index (χ0v) is 18.4. The molecule has 2 N–H and O–H groups in total. The Kier molecular flexibility index (Phi) is 6.75. The summed E-state index contributed by atoms with van der Waals surface area (Å²) in [5, 5.41) is 10.2. The fourth-order valence-electron chi connectivity index (χ4n) is 3.34. The summed E-state index contributed by atoms with van der Waals surface area (Å²) in [5.41, 5.74) is 3.64. The van der Waals surface area contributed by atoms with E-state index in [2.05, 4.69) is 15.7 Å². The van der Waals surface area contributed by atoms with Gasteiger partial charge in [0, 0.05) is 23.6 Å². The molecule has 0 unspecified atom stereocenters. The molecule has 0 aliphatic carbocycles. The van der Waals surface area contributed by atoms with Gasteiger partial charge in [-0.1, -0.05) is 24.3 Å². The number of halogens is 1. The molecule has 0 spiro atoms. The van der Waals surface area contributed by atoms with Gasteiger partial charge in [0.2, 0.25) is 5.91 Å². The number of carbonyl (C=O) groups excluding carboxylic acids is 2. The Hall–Kier alpha value is -3.33. The van der Waals surface area contributed by atoms with Crippen molar-refractivity contribution in [3.05, 3.63) is 76.7 Å². The highest BCUT2D eigenvalue weighted by molar-refractivity contribution is 7.98. The van der Waals surface area contributed by atoms with E-state index >= 15 is 0 Å². The van der Waals surface area contributed by atoms with Crippen molar-refractivity contribution in [2.75, 3.05) is 11.9 Å². The van der Waals surface area contributed by atoms with Crippen molar-refractivity contribution in [1.29, 1.82) is 0 Å². The van der Waals surface area contributed by atoms with Gasteiger partial charge in [0.25, 0.3) is 5.91 Å². The number of anilines is 1. The number of rotatable bonds is 8. The second-order valence-electron chi connectivity index (χ2n) is 7.48. The van der Waals surface area contributed by atoms with Gasteiger partial charge in [-0.15, -0.1) is 0 Å². The lowest BCUT2D eigenvalue weighted by atomic mass is 10.2. The van der Waals surface area contributed by atoms with Crippen LogP contribution in [0.5, 0.6) is 5.75 Å². The molecule has 0 saturated carbocycles. The number of amides is 2. The molecule has 7 nitrogen and oxygen atoms in total. The number of hydrogen-bond acceptors (Lipinski definition) is 5. The Bertz CT molecular complexity index is 1130. The second kappa shape index (κ2) is 9.86. The summed E-state index contributed by atoms with van der Waals surface area (Å²) in [5.74, 6) is 1.71. The molecule has 0 atom stereocenters. The summed E-state index contributed by atoms with van der Waals surface area (Å²) in [4.78, 5) is 25.0. The molecule has 3 aromatic rings. The SMILES string of the molecule is Cc1cccc(OCC(=O)Nc2c3c(nn2CC(=O)NCc2ccc(F)cc2)CSC3)c1. The van der Waals surface area contributed by atoms with Crippen molar-refractivity contribution < 1.29 is 18.7 Å². The van der Waals surface area contributed by atoms with E-state index in [0.29, 0.717) is 11.6 Å². The van der Waals surface area contributed by atoms with Crippen molar-refractivity contribution in [2.45, 2.75) is 31.5 Å². The zero-order valence-electron chi connectivity index (χ0n) is 17.6. The van der Waals surface area contributed by atoms with Gasteiger partial charge in [-0.3, -0.25) is 9.59 Å². The molecular weight excluding hydrogens is 431 g/mol. The molecule has 9 heteroatoms. The maximum absolute atomic E-state index is 13.0. The zero-order chi connectivity index (χ0) is 22.5. The Balaban J connectivity index is 1.38. The van der Waals surface area contributed by atoms with Gasteiger partial charge >= 0.3 is 0 Å². The molecule has 0 saturated heterocycles. The molecule has 2 heterocycles. The summed E-state index contributed by atoms with van der Waals surface area (Å²) >= 11 is 1.71. The quantitative estimate of drug-likeness (QED) is 0.545. The first kappa shape index (κ1) is 21.9.